The molecule has 0 heterocycles. The minimum absolute atomic E-state index is 0. The average Bonchev–Trinajstić information content (AvgIpc) is 2.64. The molecule has 27 heavy (non-hydrogen) atoms. The van der Waals surface area contributed by atoms with Crippen LogP contribution in [0.5, 0.6) is 17.2 Å². The van der Waals surface area contributed by atoms with E-state index in [4.69, 9.17) is 25.4 Å². The predicted molar refractivity (Wildman–Crippen MR) is 105 cm³/mol. The number of nitrogen functional groups attached to an aromatic ring is 1. The molecule has 5 N–H and O–H groups in total. The first-order valence-electron chi connectivity index (χ1n) is 7.65. The van der Waals surface area contributed by atoms with Crippen molar-refractivity contribution >= 4 is 29.9 Å². The van der Waals surface area contributed by atoms with Crippen LogP contribution in [0, 0.1) is 5.41 Å². The number of ether oxygens (including phenoxy) is 3. The first-order valence-corrected chi connectivity index (χ1v) is 7.65. The molecule has 0 saturated carbocycles. The van der Waals surface area contributed by atoms with Crippen molar-refractivity contribution in [3.63, 3.8) is 0 Å². The minimum Gasteiger partial charge on any atom is -0.493 e. The summed E-state index contributed by atoms with van der Waals surface area (Å²) in [5.74, 6) is -0.0248. The van der Waals surface area contributed by atoms with E-state index in [9.17, 15) is 9.90 Å². The third kappa shape index (κ3) is 4.95. The van der Waals surface area contributed by atoms with Crippen molar-refractivity contribution in [2.75, 3.05) is 26.6 Å². The number of carbonyl (C=O) groups is 1. The lowest BCUT2D eigenvalue weighted by molar-refractivity contribution is -0.138. The summed E-state index contributed by atoms with van der Waals surface area (Å²) in [6.45, 7) is 0. The van der Waals surface area contributed by atoms with Gasteiger partial charge in [-0.1, -0.05) is 0 Å². The lowest BCUT2D eigenvalue weighted by atomic mass is 10.0. The number of nitrogens with two attached hydrogens (primary N) is 1. The van der Waals surface area contributed by atoms with Gasteiger partial charge in [0.05, 0.1) is 21.3 Å². The van der Waals surface area contributed by atoms with Crippen molar-refractivity contribution in [2.45, 2.75) is 6.04 Å². The third-order valence-corrected chi connectivity index (χ3v) is 3.77. The normalized spacial score (nSPS) is 10.9. The minimum atomic E-state index is -1.07. The lowest BCUT2D eigenvalue weighted by Crippen LogP contribution is -2.21. The van der Waals surface area contributed by atoms with Gasteiger partial charge in [0.1, 0.15) is 5.84 Å². The molecule has 0 bridgehead atoms. The Labute approximate surface area is 163 Å². The summed E-state index contributed by atoms with van der Waals surface area (Å²) < 4.78 is 15.8. The van der Waals surface area contributed by atoms with E-state index in [2.05, 4.69) is 5.32 Å². The Kier molecular flexibility index (Phi) is 7.74. The van der Waals surface area contributed by atoms with E-state index in [0.29, 0.717) is 34.1 Å². The van der Waals surface area contributed by atoms with Gasteiger partial charge < -0.3 is 30.4 Å². The number of methoxy groups -OCH3 is 3. The van der Waals surface area contributed by atoms with Crippen LogP contribution < -0.4 is 25.3 Å². The number of benzene rings is 2. The summed E-state index contributed by atoms with van der Waals surface area (Å²) in [7, 11) is 4.40. The molecule has 0 aliphatic heterocycles. The zero-order chi connectivity index (χ0) is 19.3. The maximum Gasteiger partial charge on any atom is 0.330 e. The van der Waals surface area contributed by atoms with E-state index in [0.717, 1.165) is 0 Å². The van der Waals surface area contributed by atoms with Crippen LogP contribution in [0.4, 0.5) is 5.69 Å². The molecule has 1 unspecified atom stereocenters. The van der Waals surface area contributed by atoms with Crippen molar-refractivity contribution in [3.8, 4) is 17.2 Å². The fraction of sp³-hybridized carbons (Fsp3) is 0.222. The molecule has 2 aromatic carbocycles. The summed E-state index contributed by atoms with van der Waals surface area (Å²) in [5, 5.41) is 20.0. The Morgan fingerprint density at radius 1 is 1.07 bits per heavy atom. The van der Waals surface area contributed by atoms with Gasteiger partial charge in [0, 0.05) is 11.3 Å². The number of rotatable bonds is 8. The number of aliphatic carboxylic acids is 1. The van der Waals surface area contributed by atoms with Gasteiger partial charge in [0.2, 0.25) is 5.75 Å². The Hall–Kier alpha value is -3.13. The molecule has 146 valence electrons. The number of carboxylic acid groups (broad SMARTS) is 1. The fourth-order valence-electron chi connectivity index (χ4n) is 2.47. The fourth-order valence-corrected chi connectivity index (χ4v) is 2.47. The molecule has 0 saturated heterocycles. The van der Waals surface area contributed by atoms with Crippen LogP contribution in [0.2, 0.25) is 0 Å². The van der Waals surface area contributed by atoms with Gasteiger partial charge in [-0.15, -0.1) is 12.4 Å². The first-order chi connectivity index (χ1) is 12.4. The number of amidine groups is 1. The van der Waals surface area contributed by atoms with Crippen LogP contribution in [0.25, 0.3) is 0 Å². The lowest BCUT2D eigenvalue weighted by Gasteiger charge is -2.20. The van der Waals surface area contributed by atoms with Crippen molar-refractivity contribution in [2.24, 2.45) is 5.73 Å². The van der Waals surface area contributed by atoms with Crippen LogP contribution in [0.15, 0.2) is 36.4 Å². The van der Waals surface area contributed by atoms with Gasteiger partial charge in [-0.05, 0) is 42.0 Å². The molecule has 2 aromatic rings. The second kappa shape index (κ2) is 9.54. The van der Waals surface area contributed by atoms with E-state index in [1.165, 1.54) is 21.3 Å². The van der Waals surface area contributed by atoms with Crippen LogP contribution in [0.3, 0.4) is 0 Å². The summed E-state index contributed by atoms with van der Waals surface area (Å²) in [5.41, 5.74) is 6.97. The Balaban J connectivity index is 0.00000364. The Bertz CT molecular complexity index is 786. The van der Waals surface area contributed by atoms with E-state index in [1.54, 1.807) is 36.4 Å². The Morgan fingerprint density at radius 3 is 1.96 bits per heavy atom. The van der Waals surface area contributed by atoms with Crippen LogP contribution >= 0.6 is 12.4 Å². The maximum atomic E-state index is 11.8. The molecule has 9 heteroatoms. The molecule has 0 aromatic heterocycles. The highest BCUT2D eigenvalue weighted by Crippen LogP contribution is 2.40. The molecule has 0 amide bonds. The summed E-state index contributed by atoms with van der Waals surface area (Å²) >= 11 is 0. The highest BCUT2D eigenvalue weighted by Gasteiger charge is 2.24. The number of nitrogens with one attached hydrogen (secondary N) is 2. The summed E-state index contributed by atoms with van der Waals surface area (Å²) in [6.07, 6.45) is 0. The SMILES string of the molecule is COc1cc(C(Nc2ccc(C(=N)N)cc2)C(=O)O)cc(OC)c1OC.Cl. The molecule has 0 spiro atoms. The largest absolute Gasteiger partial charge is 0.493 e. The highest BCUT2D eigenvalue weighted by molar-refractivity contribution is 5.95. The molecule has 2 rings (SSSR count). The molecule has 0 radical (unpaired) electrons. The number of carboxylic acids is 1. The quantitative estimate of drug-likeness (QED) is 0.399. The van der Waals surface area contributed by atoms with E-state index < -0.39 is 12.0 Å². The zero-order valence-electron chi connectivity index (χ0n) is 15.1. The summed E-state index contributed by atoms with van der Waals surface area (Å²) in [6, 6.07) is 8.70. The standard InChI is InChI=1S/C18H21N3O5.ClH/c1-24-13-8-11(9-14(25-2)16(13)26-3)15(18(22)23)21-12-6-4-10(5-7-12)17(19)20;/h4-9,15,21H,1-3H3,(H3,19,20)(H,22,23);1H. The molecule has 0 aliphatic carbocycles. The number of hydrogen-bond donors (Lipinski definition) is 4. The van der Waals surface area contributed by atoms with Gasteiger partial charge in [-0.3, -0.25) is 5.41 Å². The monoisotopic (exact) mass is 395 g/mol. The van der Waals surface area contributed by atoms with Gasteiger partial charge in [-0.2, -0.15) is 0 Å². The van der Waals surface area contributed by atoms with Gasteiger partial charge >= 0.3 is 5.97 Å². The van der Waals surface area contributed by atoms with E-state index in [-0.39, 0.29) is 18.2 Å². The predicted octanol–water partition coefficient (Wildman–Crippen LogP) is 2.66. The number of hydrogen-bond acceptors (Lipinski definition) is 6. The summed E-state index contributed by atoms with van der Waals surface area (Å²) in [4.78, 5) is 11.8. The van der Waals surface area contributed by atoms with Gasteiger partial charge in [-0.25, -0.2) is 4.79 Å². The van der Waals surface area contributed by atoms with Crippen molar-refractivity contribution in [1.82, 2.24) is 0 Å². The number of halogens is 1. The van der Waals surface area contributed by atoms with Crippen LogP contribution in [0.1, 0.15) is 17.2 Å². The van der Waals surface area contributed by atoms with Gasteiger partial charge in [0.15, 0.2) is 17.5 Å². The topological polar surface area (TPSA) is 127 Å². The van der Waals surface area contributed by atoms with E-state index >= 15 is 0 Å². The van der Waals surface area contributed by atoms with Gasteiger partial charge in [0.25, 0.3) is 0 Å². The Morgan fingerprint density at radius 2 is 1.59 bits per heavy atom. The smallest absolute Gasteiger partial charge is 0.330 e. The van der Waals surface area contributed by atoms with Crippen LogP contribution in [-0.4, -0.2) is 38.2 Å². The molecule has 1 atom stereocenters. The molecule has 0 aliphatic rings. The average molecular weight is 396 g/mol. The third-order valence-electron chi connectivity index (χ3n) is 3.77. The highest BCUT2D eigenvalue weighted by atomic mass is 35.5. The molecular weight excluding hydrogens is 374 g/mol. The first kappa shape index (κ1) is 21.9. The molecule has 0 fully saturated rings. The second-order valence-electron chi connectivity index (χ2n) is 5.37. The van der Waals surface area contributed by atoms with Crippen LogP contribution in [-0.2, 0) is 4.79 Å². The van der Waals surface area contributed by atoms with E-state index in [1.807, 2.05) is 0 Å². The van der Waals surface area contributed by atoms with Crippen molar-refractivity contribution in [3.05, 3.63) is 47.5 Å². The number of anilines is 1. The maximum absolute atomic E-state index is 11.8. The van der Waals surface area contributed by atoms with Crippen molar-refractivity contribution in [1.29, 1.82) is 5.41 Å². The molecule has 8 nitrogen and oxygen atoms in total. The zero-order valence-corrected chi connectivity index (χ0v) is 15.9. The second-order valence-corrected chi connectivity index (χ2v) is 5.37. The molecular formula is C18H22ClN3O5. The van der Waals surface area contributed by atoms with Crippen molar-refractivity contribution < 1.29 is 24.1 Å².